The van der Waals surface area contributed by atoms with Gasteiger partial charge in [-0.3, -0.25) is 19.3 Å². The second-order valence-electron chi connectivity index (χ2n) is 12.4. The number of aliphatic hydroxyl groups excluding tert-OH is 1. The average Bonchev–Trinajstić information content (AvgIpc) is 3.65. The number of likely N-dealkylation sites (tertiary alicyclic amines) is 1. The molecule has 1 N–H and O–H groups in total. The number of hydrogen-bond acceptors (Lipinski definition) is 7. The topological polar surface area (TPSA) is 93.6 Å². The third-order valence-electron chi connectivity index (χ3n) is 9.71. The summed E-state index contributed by atoms with van der Waals surface area (Å²) in [6, 6.07) is 8.89. The molecule has 4 fully saturated rings. The summed E-state index contributed by atoms with van der Waals surface area (Å²) < 4.78 is 4.81. The molecule has 1 aromatic carbocycles. The van der Waals surface area contributed by atoms with Crippen molar-refractivity contribution in [2.45, 2.75) is 53.0 Å². The number of hydrogen-bond donors (Lipinski definition) is 1. The Morgan fingerprint density at radius 3 is 2.44 bits per heavy atom. The summed E-state index contributed by atoms with van der Waals surface area (Å²) in [4.78, 5) is 51.5. The Kier molecular flexibility index (Phi) is 11.8. The maximum Gasteiger partial charge on any atom is 0.247 e. The number of unbranched alkanes of at least 4 members (excludes halogenated alkanes) is 3. The molecule has 5 rings (SSSR count). The van der Waals surface area contributed by atoms with E-state index in [1.54, 1.807) is 28.8 Å². The smallest absolute Gasteiger partial charge is 0.247 e. The molecule has 9 nitrogen and oxygen atoms in total. The van der Waals surface area contributed by atoms with Gasteiger partial charge in [-0.2, -0.15) is 0 Å². The largest absolute Gasteiger partial charge is 0.396 e. The van der Waals surface area contributed by atoms with E-state index in [9.17, 15) is 19.5 Å². The molecule has 4 aliphatic rings. The van der Waals surface area contributed by atoms with Gasteiger partial charge in [0, 0.05) is 68.2 Å². The Bertz CT molecular complexity index is 1220. The summed E-state index contributed by atoms with van der Waals surface area (Å²) in [7, 11) is 0. The summed E-state index contributed by atoms with van der Waals surface area (Å²) in [5.74, 6) is -1.37. The standard InChI is InChI=1S/C34H47BrN4O5S/c1-3-14-37(18-17-36-19-22-44-23-20-36)33(43)30-34-24-26(35)29(45-34)27(28(34)32(42)39(30)16-10-5-6-11-21-40)31(41)38(15-4-2)25-12-8-7-9-13-25/h3-4,7-9,12-13,26-30,40H,1-2,5-6,10-11,14-24H2/t26?,27-,28-,29-,30?,34?/m0/s1. The first-order valence-corrected chi connectivity index (χ1v) is 18.1. The molecule has 0 radical (unpaired) electrons. The van der Waals surface area contributed by atoms with Crippen LogP contribution >= 0.6 is 27.7 Å². The van der Waals surface area contributed by atoms with Crippen molar-refractivity contribution in [1.82, 2.24) is 14.7 Å². The third-order valence-corrected chi connectivity index (χ3v) is 12.9. The van der Waals surface area contributed by atoms with Gasteiger partial charge in [-0.1, -0.05) is 59.1 Å². The Hall–Kier alpha value is -2.18. The molecule has 0 aliphatic carbocycles. The van der Waals surface area contributed by atoms with Crippen molar-refractivity contribution in [3.63, 3.8) is 0 Å². The number of fused-ring (bicyclic) bond motifs is 1. The maximum absolute atomic E-state index is 14.7. The maximum atomic E-state index is 14.7. The number of ether oxygens (including phenoxy) is 1. The highest BCUT2D eigenvalue weighted by Crippen LogP contribution is 2.68. The van der Waals surface area contributed by atoms with Gasteiger partial charge in [0.1, 0.15) is 6.04 Å². The first-order valence-electron chi connectivity index (χ1n) is 16.3. The van der Waals surface area contributed by atoms with E-state index < -0.39 is 22.6 Å². The van der Waals surface area contributed by atoms with Crippen LogP contribution in [-0.2, 0) is 19.1 Å². The number of morpholine rings is 1. The number of amides is 3. The monoisotopic (exact) mass is 702 g/mol. The van der Waals surface area contributed by atoms with Gasteiger partial charge >= 0.3 is 0 Å². The van der Waals surface area contributed by atoms with Crippen molar-refractivity contribution in [1.29, 1.82) is 0 Å². The normalized spacial score (nSPS) is 29.1. The summed E-state index contributed by atoms with van der Waals surface area (Å²) >= 11 is 5.58. The predicted octanol–water partition coefficient (Wildman–Crippen LogP) is 3.57. The van der Waals surface area contributed by atoms with Crippen LogP contribution in [0, 0.1) is 11.8 Å². The van der Waals surface area contributed by atoms with E-state index in [2.05, 4.69) is 34.0 Å². The lowest BCUT2D eigenvalue weighted by Crippen LogP contribution is -2.56. The van der Waals surface area contributed by atoms with E-state index in [0.29, 0.717) is 45.8 Å². The Morgan fingerprint density at radius 2 is 1.76 bits per heavy atom. The SMILES string of the molecule is C=CCN(CCN1CCOCC1)C(=O)C1N(CCCCCCO)C(=O)[C@@H]2[C@H](C(=O)N(CC=C)c3ccccc3)[C@H]3SC12CC3Br. The van der Waals surface area contributed by atoms with Crippen LogP contribution in [0.4, 0.5) is 5.69 Å². The minimum atomic E-state index is -0.701. The van der Waals surface area contributed by atoms with Gasteiger partial charge in [-0.25, -0.2) is 0 Å². The van der Waals surface area contributed by atoms with Crippen molar-refractivity contribution in [2.75, 3.05) is 70.5 Å². The van der Waals surface area contributed by atoms with E-state index in [4.69, 9.17) is 4.74 Å². The van der Waals surface area contributed by atoms with Crippen LogP contribution in [0.2, 0.25) is 0 Å². The van der Waals surface area contributed by atoms with Crippen LogP contribution in [-0.4, -0.2) is 124 Å². The zero-order valence-electron chi connectivity index (χ0n) is 26.1. The van der Waals surface area contributed by atoms with Gasteiger partial charge in [0.05, 0.1) is 29.8 Å². The van der Waals surface area contributed by atoms with Crippen molar-refractivity contribution in [3.8, 4) is 0 Å². The molecular weight excluding hydrogens is 656 g/mol. The number of carbonyl (C=O) groups excluding carboxylic acids is 3. The van der Waals surface area contributed by atoms with Crippen molar-refractivity contribution in [3.05, 3.63) is 55.6 Å². The molecule has 45 heavy (non-hydrogen) atoms. The van der Waals surface area contributed by atoms with Gasteiger partial charge < -0.3 is 24.5 Å². The minimum absolute atomic E-state index is 0.00265. The van der Waals surface area contributed by atoms with Gasteiger partial charge in [0.25, 0.3) is 0 Å². The van der Waals surface area contributed by atoms with Crippen molar-refractivity contribution >= 4 is 51.1 Å². The number of benzene rings is 1. The van der Waals surface area contributed by atoms with E-state index in [-0.39, 0.29) is 34.4 Å². The van der Waals surface area contributed by atoms with Crippen LogP contribution in [0.25, 0.3) is 0 Å². The third kappa shape index (κ3) is 6.93. The zero-order chi connectivity index (χ0) is 32.0. The Balaban J connectivity index is 1.46. The molecule has 0 aromatic heterocycles. The Morgan fingerprint density at radius 1 is 1.04 bits per heavy atom. The molecule has 3 amide bonds. The fraction of sp³-hybridized carbons (Fsp3) is 0.618. The number of rotatable bonds is 16. The second-order valence-corrected chi connectivity index (χ2v) is 15.1. The lowest BCUT2D eigenvalue weighted by molar-refractivity contribution is -0.142. The summed E-state index contributed by atoms with van der Waals surface area (Å²) in [6.45, 7) is 13.5. The summed E-state index contributed by atoms with van der Waals surface area (Å²) in [6.07, 6.45) is 7.31. The quantitative estimate of drug-likeness (QED) is 0.160. The van der Waals surface area contributed by atoms with Gasteiger partial charge in [0.15, 0.2) is 0 Å². The zero-order valence-corrected chi connectivity index (χ0v) is 28.5. The number of halogens is 1. The van der Waals surface area contributed by atoms with E-state index in [1.165, 1.54) is 0 Å². The number of thioether (sulfide) groups is 1. The fourth-order valence-corrected chi connectivity index (χ4v) is 11.2. The van der Waals surface area contributed by atoms with Crippen LogP contribution in [0.5, 0.6) is 0 Å². The van der Waals surface area contributed by atoms with Crippen LogP contribution in [0.1, 0.15) is 32.1 Å². The van der Waals surface area contributed by atoms with Crippen molar-refractivity contribution < 1.29 is 24.2 Å². The molecule has 1 aromatic rings. The Labute approximate surface area is 280 Å². The fourth-order valence-electron chi connectivity index (χ4n) is 7.63. The van der Waals surface area contributed by atoms with E-state index in [0.717, 1.165) is 51.0 Å². The van der Waals surface area contributed by atoms with Gasteiger partial charge in [-0.15, -0.1) is 24.9 Å². The molecule has 6 atom stereocenters. The molecule has 4 saturated heterocycles. The van der Waals surface area contributed by atoms with Gasteiger partial charge in [0.2, 0.25) is 17.7 Å². The molecule has 1 spiro atoms. The first-order chi connectivity index (χ1) is 21.9. The molecule has 2 bridgehead atoms. The summed E-state index contributed by atoms with van der Waals surface area (Å²) in [5, 5.41) is 9.14. The van der Waals surface area contributed by atoms with Crippen LogP contribution in [0.15, 0.2) is 55.6 Å². The van der Waals surface area contributed by atoms with E-state index in [1.807, 2.05) is 40.1 Å². The number of alkyl halides is 1. The molecule has 11 heteroatoms. The second kappa shape index (κ2) is 15.6. The number of aliphatic hydroxyl groups is 1. The van der Waals surface area contributed by atoms with Crippen LogP contribution in [0.3, 0.4) is 0 Å². The molecule has 4 aliphatic heterocycles. The van der Waals surface area contributed by atoms with Gasteiger partial charge in [-0.05, 0) is 31.4 Å². The molecule has 0 saturated carbocycles. The number of carbonyl (C=O) groups is 3. The lowest BCUT2D eigenvalue weighted by atomic mass is 9.70. The molecular formula is C34H47BrN4O5S. The summed E-state index contributed by atoms with van der Waals surface area (Å²) in [5.41, 5.74) is 0.773. The van der Waals surface area contributed by atoms with E-state index >= 15 is 0 Å². The minimum Gasteiger partial charge on any atom is -0.396 e. The lowest BCUT2D eigenvalue weighted by Gasteiger charge is -2.39. The number of anilines is 1. The van der Waals surface area contributed by atoms with Crippen LogP contribution < -0.4 is 4.90 Å². The predicted molar refractivity (Wildman–Crippen MR) is 183 cm³/mol. The molecule has 4 heterocycles. The highest BCUT2D eigenvalue weighted by atomic mass is 79.9. The average molecular weight is 704 g/mol. The highest BCUT2D eigenvalue weighted by Gasteiger charge is 2.76. The first kappa shape index (κ1) is 34.2. The highest BCUT2D eigenvalue weighted by molar-refractivity contribution is 9.09. The number of nitrogens with zero attached hydrogens (tertiary/aromatic N) is 4. The van der Waals surface area contributed by atoms with Crippen molar-refractivity contribution in [2.24, 2.45) is 11.8 Å². The molecule has 3 unspecified atom stereocenters. The number of para-hydroxylation sites is 1. The molecule has 246 valence electrons.